The standard InChI is InChI=1S/C23H25F4NO5S/c1-14(2)32-20-7-5-17(34(3,30)31)13-18(20)22(29)28-10-8-16(9-11-28)33-21-12-15(23(25,26)27)4-6-19(21)24/h4-7,12-14,16H,8-11H2,1-3H3. The molecule has 3 rings (SSSR count). The second kappa shape index (κ2) is 9.81. The highest BCUT2D eigenvalue weighted by Crippen LogP contribution is 2.34. The van der Waals surface area contributed by atoms with Crippen molar-refractivity contribution in [3.63, 3.8) is 0 Å². The van der Waals surface area contributed by atoms with Crippen LogP contribution in [0.3, 0.4) is 0 Å². The molecule has 1 aliphatic heterocycles. The van der Waals surface area contributed by atoms with Crippen LogP contribution in [0, 0.1) is 5.82 Å². The molecule has 34 heavy (non-hydrogen) atoms. The Hall–Kier alpha value is -2.82. The Morgan fingerprint density at radius 2 is 1.71 bits per heavy atom. The summed E-state index contributed by atoms with van der Waals surface area (Å²) in [6, 6.07) is 6.06. The first-order valence-electron chi connectivity index (χ1n) is 10.6. The van der Waals surface area contributed by atoms with Crippen molar-refractivity contribution in [2.45, 2.75) is 50.0 Å². The zero-order valence-corrected chi connectivity index (χ0v) is 19.7. The van der Waals surface area contributed by atoms with E-state index in [2.05, 4.69) is 0 Å². The maximum absolute atomic E-state index is 14.0. The number of hydrogen-bond acceptors (Lipinski definition) is 5. The summed E-state index contributed by atoms with van der Waals surface area (Å²) in [6.07, 6.45) is -3.92. The number of likely N-dealkylation sites (tertiary alicyclic amines) is 1. The summed E-state index contributed by atoms with van der Waals surface area (Å²) < 4.78 is 87.9. The molecule has 0 N–H and O–H groups in total. The molecule has 0 aromatic heterocycles. The van der Waals surface area contributed by atoms with Gasteiger partial charge in [-0.25, -0.2) is 12.8 Å². The Morgan fingerprint density at radius 3 is 2.26 bits per heavy atom. The lowest BCUT2D eigenvalue weighted by Gasteiger charge is -2.33. The number of rotatable bonds is 6. The second-order valence-electron chi connectivity index (χ2n) is 8.35. The van der Waals surface area contributed by atoms with Crippen LogP contribution < -0.4 is 9.47 Å². The molecular formula is C23H25F4NO5S. The summed E-state index contributed by atoms with van der Waals surface area (Å²) in [5.74, 6) is -1.59. The average molecular weight is 504 g/mol. The second-order valence-corrected chi connectivity index (χ2v) is 10.4. The van der Waals surface area contributed by atoms with Crippen LogP contribution in [0.4, 0.5) is 17.6 Å². The number of amides is 1. The molecule has 1 amide bonds. The monoisotopic (exact) mass is 503 g/mol. The van der Waals surface area contributed by atoms with Crippen molar-refractivity contribution >= 4 is 15.7 Å². The fourth-order valence-electron chi connectivity index (χ4n) is 3.56. The van der Waals surface area contributed by atoms with Gasteiger partial charge in [0.15, 0.2) is 21.4 Å². The Bertz CT molecular complexity index is 1160. The number of alkyl halides is 3. The number of benzene rings is 2. The van der Waals surface area contributed by atoms with Crippen molar-refractivity contribution in [2.75, 3.05) is 19.3 Å². The molecule has 0 spiro atoms. The van der Waals surface area contributed by atoms with E-state index in [1.165, 1.54) is 23.1 Å². The third kappa shape index (κ3) is 6.19. The van der Waals surface area contributed by atoms with Crippen molar-refractivity contribution in [3.05, 3.63) is 53.3 Å². The predicted molar refractivity (Wildman–Crippen MR) is 116 cm³/mol. The van der Waals surface area contributed by atoms with E-state index in [9.17, 15) is 30.8 Å². The van der Waals surface area contributed by atoms with Crippen molar-refractivity contribution in [3.8, 4) is 11.5 Å². The Balaban J connectivity index is 1.74. The number of nitrogens with zero attached hydrogens (tertiary/aromatic N) is 1. The minimum atomic E-state index is -4.63. The van der Waals surface area contributed by atoms with E-state index in [1.54, 1.807) is 13.8 Å². The Kier molecular flexibility index (Phi) is 7.44. The normalized spacial score (nSPS) is 15.5. The average Bonchev–Trinajstić information content (AvgIpc) is 2.73. The van der Waals surface area contributed by atoms with Gasteiger partial charge in [0.25, 0.3) is 5.91 Å². The van der Waals surface area contributed by atoms with Gasteiger partial charge in [0.2, 0.25) is 0 Å². The van der Waals surface area contributed by atoms with E-state index in [1.807, 2.05) is 0 Å². The number of carbonyl (C=O) groups excluding carboxylic acids is 1. The van der Waals surface area contributed by atoms with E-state index in [0.29, 0.717) is 18.2 Å². The summed E-state index contributed by atoms with van der Waals surface area (Å²) in [5, 5.41) is 0. The fraction of sp³-hybridized carbons (Fsp3) is 0.435. The topological polar surface area (TPSA) is 72.9 Å². The zero-order valence-electron chi connectivity index (χ0n) is 18.9. The lowest BCUT2D eigenvalue weighted by Crippen LogP contribution is -2.42. The zero-order chi connectivity index (χ0) is 25.3. The van der Waals surface area contributed by atoms with Crippen molar-refractivity contribution in [2.24, 2.45) is 0 Å². The van der Waals surface area contributed by atoms with Gasteiger partial charge in [0.1, 0.15) is 11.9 Å². The van der Waals surface area contributed by atoms with Crippen molar-refractivity contribution in [1.82, 2.24) is 4.90 Å². The molecule has 11 heteroatoms. The third-order valence-electron chi connectivity index (χ3n) is 5.25. The van der Waals surface area contributed by atoms with Gasteiger partial charge < -0.3 is 14.4 Å². The summed E-state index contributed by atoms with van der Waals surface area (Å²) in [6.45, 7) is 3.92. The van der Waals surface area contributed by atoms with E-state index in [4.69, 9.17) is 9.47 Å². The van der Waals surface area contributed by atoms with Crippen LogP contribution in [0.15, 0.2) is 41.3 Å². The molecule has 1 aliphatic rings. The maximum atomic E-state index is 14.0. The molecule has 186 valence electrons. The molecule has 0 atom stereocenters. The van der Waals surface area contributed by atoms with Gasteiger partial charge in [-0.15, -0.1) is 0 Å². The number of halogens is 4. The first-order chi connectivity index (χ1) is 15.8. The molecule has 6 nitrogen and oxygen atoms in total. The highest BCUT2D eigenvalue weighted by Gasteiger charge is 2.32. The predicted octanol–water partition coefficient (Wildman–Crippen LogP) is 4.72. The van der Waals surface area contributed by atoms with E-state index in [-0.39, 0.29) is 48.2 Å². The highest BCUT2D eigenvalue weighted by molar-refractivity contribution is 7.90. The van der Waals surface area contributed by atoms with Crippen LogP contribution in [0.2, 0.25) is 0 Å². The van der Waals surface area contributed by atoms with E-state index >= 15 is 0 Å². The van der Waals surface area contributed by atoms with Crippen LogP contribution in [0.5, 0.6) is 11.5 Å². The van der Waals surface area contributed by atoms with Crippen LogP contribution in [0.1, 0.15) is 42.6 Å². The van der Waals surface area contributed by atoms with Crippen LogP contribution in [-0.4, -0.2) is 50.8 Å². The van der Waals surface area contributed by atoms with Crippen LogP contribution >= 0.6 is 0 Å². The van der Waals surface area contributed by atoms with E-state index in [0.717, 1.165) is 6.26 Å². The first kappa shape index (κ1) is 25.8. The lowest BCUT2D eigenvalue weighted by molar-refractivity contribution is -0.137. The SMILES string of the molecule is CC(C)Oc1ccc(S(C)(=O)=O)cc1C(=O)N1CCC(Oc2cc(C(F)(F)F)ccc2F)CC1. The minimum Gasteiger partial charge on any atom is -0.490 e. The number of carbonyl (C=O) groups is 1. The van der Waals surface area contributed by atoms with E-state index < -0.39 is 45.2 Å². The molecular weight excluding hydrogens is 478 g/mol. The molecule has 2 aromatic rings. The quantitative estimate of drug-likeness (QED) is 0.534. The van der Waals surface area contributed by atoms with Gasteiger partial charge >= 0.3 is 6.18 Å². The van der Waals surface area contributed by atoms with Gasteiger partial charge in [-0.2, -0.15) is 13.2 Å². The number of sulfone groups is 1. The van der Waals surface area contributed by atoms with Gasteiger partial charge in [-0.1, -0.05) is 0 Å². The van der Waals surface area contributed by atoms with Crippen LogP contribution in [0.25, 0.3) is 0 Å². The Morgan fingerprint density at radius 1 is 1.06 bits per heavy atom. The van der Waals surface area contributed by atoms with Gasteiger partial charge in [0, 0.05) is 32.2 Å². The molecule has 1 heterocycles. The molecule has 0 unspecified atom stereocenters. The summed E-state index contributed by atoms with van der Waals surface area (Å²) in [7, 11) is -3.56. The maximum Gasteiger partial charge on any atom is 0.416 e. The number of ether oxygens (including phenoxy) is 2. The minimum absolute atomic E-state index is 0.0230. The van der Waals surface area contributed by atoms with Crippen LogP contribution in [-0.2, 0) is 16.0 Å². The lowest BCUT2D eigenvalue weighted by atomic mass is 10.1. The van der Waals surface area contributed by atoms with Crippen molar-refractivity contribution < 1.29 is 40.2 Å². The fourth-order valence-corrected chi connectivity index (χ4v) is 4.21. The Labute approximate surface area is 195 Å². The molecule has 0 radical (unpaired) electrons. The molecule has 1 saturated heterocycles. The smallest absolute Gasteiger partial charge is 0.416 e. The molecule has 1 fully saturated rings. The third-order valence-corrected chi connectivity index (χ3v) is 6.36. The summed E-state index contributed by atoms with van der Waals surface area (Å²) in [5.41, 5.74) is -0.917. The molecule has 0 saturated carbocycles. The van der Waals surface area contributed by atoms with Gasteiger partial charge in [-0.3, -0.25) is 4.79 Å². The summed E-state index contributed by atoms with van der Waals surface area (Å²) >= 11 is 0. The van der Waals surface area contributed by atoms with Crippen molar-refractivity contribution in [1.29, 1.82) is 0 Å². The number of hydrogen-bond donors (Lipinski definition) is 0. The van der Waals surface area contributed by atoms with Gasteiger partial charge in [0.05, 0.1) is 22.1 Å². The highest BCUT2D eigenvalue weighted by atomic mass is 32.2. The largest absolute Gasteiger partial charge is 0.490 e. The van der Waals surface area contributed by atoms with Gasteiger partial charge in [-0.05, 0) is 50.2 Å². The first-order valence-corrected chi connectivity index (χ1v) is 12.5. The molecule has 2 aromatic carbocycles. The summed E-state index contributed by atoms with van der Waals surface area (Å²) in [4.78, 5) is 14.6. The number of piperidine rings is 1. The molecule has 0 bridgehead atoms. The molecule has 0 aliphatic carbocycles.